The Balaban J connectivity index is 2.55. The van der Waals surface area contributed by atoms with Crippen LogP contribution in [-0.4, -0.2) is 13.9 Å². The molecule has 0 amide bonds. The molecule has 0 spiro atoms. The topological polar surface area (TPSA) is 51.5 Å². The Morgan fingerprint density at radius 1 is 1.38 bits per heavy atom. The molecule has 1 aromatic carbocycles. The van der Waals surface area contributed by atoms with E-state index in [0.29, 0.717) is 22.8 Å². The number of ether oxygens (including phenoxy) is 3. The van der Waals surface area contributed by atoms with Crippen molar-refractivity contribution in [2.24, 2.45) is 0 Å². The van der Waals surface area contributed by atoms with Gasteiger partial charge in [0.15, 0.2) is 11.5 Å². The van der Waals surface area contributed by atoms with E-state index in [-0.39, 0.29) is 6.79 Å². The SMILES string of the molecule is COc1cc2c(cc1C#N)OCO2. The Hall–Kier alpha value is -1.89. The quantitative estimate of drug-likeness (QED) is 0.648. The zero-order chi connectivity index (χ0) is 9.26. The molecule has 0 unspecified atom stereocenters. The standard InChI is InChI=1S/C9H7NO3/c1-11-7-3-9-8(12-5-13-9)2-6(7)4-10/h2-3H,5H2,1H3. The molecule has 4 heteroatoms. The van der Waals surface area contributed by atoms with E-state index in [1.807, 2.05) is 6.07 Å². The zero-order valence-electron chi connectivity index (χ0n) is 7.03. The van der Waals surface area contributed by atoms with Crippen molar-refractivity contribution in [2.45, 2.75) is 0 Å². The van der Waals surface area contributed by atoms with Crippen LogP contribution < -0.4 is 14.2 Å². The fraction of sp³-hybridized carbons (Fsp3) is 0.222. The first-order valence-corrected chi connectivity index (χ1v) is 3.73. The van der Waals surface area contributed by atoms with Gasteiger partial charge in [0.2, 0.25) is 6.79 Å². The third-order valence-electron chi connectivity index (χ3n) is 1.82. The zero-order valence-corrected chi connectivity index (χ0v) is 7.03. The van der Waals surface area contributed by atoms with Gasteiger partial charge in [0.05, 0.1) is 12.7 Å². The summed E-state index contributed by atoms with van der Waals surface area (Å²) in [7, 11) is 1.51. The molecule has 1 aromatic rings. The molecule has 0 radical (unpaired) electrons. The summed E-state index contributed by atoms with van der Waals surface area (Å²) in [6.07, 6.45) is 0. The fourth-order valence-corrected chi connectivity index (χ4v) is 1.18. The number of nitrogens with zero attached hydrogens (tertiary/aromatic N) is 1. The van der Waals surface area contributed by atoms with Crippen molar-refractivity contribution >= 4 is 0 Å². The van der Waals surface area contributed by atoms with Crippen LogP contribution in [0.3, 0.4) is 0 Å². The van der Waals surface area contributed by atoms with Crippen molar-refractivity contribution in [1.82, 2.24) is 0 Å². The number of hydrogen-bond donors (Lipinski definition) is 0. The van der Waals surface area contributed by atoms with Crippen molar-refractivity contribution in [1.29, 1.82) is 5.26 Å². The predicted molar refractivity (Wildman–Crippen MR) is 43.8 cm³/mol. The molecular formula is C9H7NO3. The maximum atomic E-state index is 8.75. The predicted octanol–water partition coefficient (Wildman–Crippen LogP) is 1.30. The maximum absolute atomic E-state index is 8.75. The molecule has 1 aliphatic rings. The number of methoxy groups -OCH3 is 1. The second-order valence-electron chi connectivity index (χ2n) is 2.52. The van der Waals surface area contributed by atoms with Gasteiger partial charge < -0.3 is 14.2 Å². The van der Waals surface area contributed by atoms with Crippen molar-refractivity contribution < 1.29 is 14.2 Å². The number of benzene rings is 1. The third kappa shape index (κ3) is 1.14. The first-order valence-electron chi connectivity index (χ1n) is 3.73. The van der Waals surface area contributed by atoms with Crippen molar-refractivity contribution in [3.63, 3.8) is 0 Å². The van der Waals surface area contributed by atoms with E-state index < -0.39 is 0 Å². The first kappa shape index (κ1) is 7.74. The van der Waals surface area contributed by atoms with Crippen LogP contribution in [0, 0.1) is 11.3 Å². The normalized spacial score (nSPS) is 12.3. The van der Waals surface area contributed by atoms with E-state index >= 15 is 0 Å². The largest absolute Gasteiger partial charge is 0.495 e. The van der Waals surface area contributed by atoms with Gasteiger partial charge in [0.25, 0.3) is 0 Å². The summed E-state index contributed by atoms with van der Waals surface area (Å²) in [6, 6.07) is 5.28. The van der Waals surface area contributed by atoms with Gasteiger partial charge in [-0.1, -0.05) is 0 Å². The van der Waals surface area contributed by atoms with Gasteiger partial charge in [-0.25, -0.2) is 0 Å². The number of rotatable bonds is 1. The van der Waals surface area contributed by atoms with Crippen LogP contribution in [0.2, 0.25) is 0 Å². The summed E-state index contributed by atoms with van der Waals surface area (Å²) < 4.78 is 15.2. The van der Waals surface area contributed by atoms with Gasteiger partial charge in [0, 0.05) is 12.1 Å². The summed E-state index contributed by atoms with van der Waals surface area (Å²) in [6.45, 7) is 0.202. The summed E-state index contributed by atoms with van der Waals surface area (Å²) in [5.41, 5.74) is 0.451. The summed E-state index contributed by atoms with van der Waals surface area (Å²) in [5, 5.41) is 8.75. The Kier molecular flexibility index (Phi) is 1.71. The number of nitriles is 1. The molecule has 0 saturated carbocycles. The Morgan fingerprint density at radius 3 is 2.69 bits per heavy atom. The highest BCUT2D eigenvalue weighted by molar-refractivity contribution is 5.55. The maximum Gasteiger partial charge on any atom is 0.231 e. The molecule has 66 valence electrons. The minimum absolute atomic E-state index is 0.202. The molecule has 1 heterocycles. The highest BCUT2D eigenvalue weighted by Gasteiger charge is 2.17. The molecule has 0 fully saturated rings. The molecule has 0 N–H and O–H groups in total. The molecule has 1 aliphatic heterocycles. The van der Waals surface area contributed by atoms with Crippen molar-refractivity contribution in [3.8, 4) is 23.3 Å². The molecule has 0 bridgehead atoms. The smallest absolute Gasteiger partial charge is 0.231 e. The highest BCUT2D eigenvalue weighted by atomic mass is 16.7. The van der Waals surface area contributed by atoms with Crippen LogP contribution >= 0.6 is 0 Å². The average Bonchev–Trinajstić information content (AvgIpc) is 2.62. The molecule has 0 saturated heterocycles. The van der Waals surface area contributed by atoms with Gasteiger partial charge in [-0.2, -0.15) is 5.26 Å². The van der Waals surface area contributed by atoms with Gasteiger partial charge in [-0.05, 0) is 0 Å². The summed E-state index contributed by atoms with van der Waals surface area (Å²) >= 11 is 0. The van der Waals surface area contributed by atoms with E-state index in [9.17, 15) is 0 Å². The minimum Gasteiger partial charge on any atom is -0.495 e. The van der Waals surface area contributed by atoms with E-state index in [4.69, 9.17) is 19.5 Å². The van der Waals surface area contributed by atoms with Crippen LogP contribution in [0.5, 0.6) is 17.2 Å². The Labute approximate surface area is 75.3 Å². The minimum atomic E-state index is 0.202. The molecule has 0 aromatic heterocycles. The first-order chi connectivity index (χ1) is 6.35. The number of fused-ring (bicyclic) bond motifs is 1. The van der Waals surface area contributed by atoms with Crippen LogP contribution in [-0.2, 0) is 0 Å². The van der Waals surface area contributed by atoms with Crippen molar-refractivity contribution in [3.05, 3.63) is 17.7 Å². The van der Waals surface area contributed by atoms with Gasteiger partial charge >= 0.3 is 0 Å². The third-order valence-corrected chi connectivity index (χ3v) is 1.82. The van der Waals surface area contributed by atoms with Gasteiger partial charge in [0.1, 0.15) is 11.8 Å². The molecular weight excluding hydrogens is 170 g/mol. The molecule has 2 rings (SSSR count). The second-order valence-corrected chi connectivity index (χ2v) is 2.52. The monoisotopic (exact) mass is 177 g/mol. The molecule has 0 atom stereocenters. The molecule has 13 heavy (non-hydrogen) atoms. The van der Waals surface area contributed by atoms with Gasteiger partial charge in [-0.3, -0.25) is 0 Å². The van der Waals surface area contributed by atoms with E-state index in [1.165, 1.54) is 7.11 Å². The fourth-order valence-electron chi connectivity index (χ4n) is 1.18. The lowest BCUT2D eigenvalue weighted by molar-refractivity contribution is 0.174. The van der Waals surface area contributed by atoms with Crippen LogP contribution in [0.25, 0.3) is 0 Å². The number of hydrogen-bond acceptors (Lipinski definition) is 4. The summed E-state index contributed by atoms with van der Waals surface area (Å²) in [5.74, 6) is 1.72. The van der Waals surface area contributed by atoms with Gasteiger partial charge in [-0.15, -0.1) is 0 Å². The van der Waals surface area contributed by atoms with E-state index in [2.05, 4.69) is 0 Å². The van der Waals surface area contributed by atoms with E-state index in [0.717, 1.165) is 0 Å². The Bertz CT molecular complexity index is 381. The lowest BCUT2D eigenvalue weighted by atomic mass is 10.2. The lowest BCUT2D eigenvalue weighted by Crippen LogP contribution is -1.92. The van der Waals surface area contributed by atoms with E-state index in [1.54, 1.807) is 12.1 Å². The summed E-state index contributed by atoms with van der Waals surface area (Å²) in [4.78, 5) is 0. The van der Waals surface area contributed by atoms with Crippen LogP contribution in [0.4, 0.5) is 0 Å². The lowest BCUT2D eigenvalue weighted by Gasteiger charge is -2.03. The average molecular weight is 177 g/mol. The molecule has 4 nitrogen and oxygen atoms in total. The Morgan fingerprint density at radius 2 is 2.08 bits per heavy atom. The second kappa shape index (κ2) is 2.87. The van der Waals surface area contributed by atoms with Crippen LogP contribution in [0.15, 0.2) is 12.1 Å². The van der Waals surface area contributed by atoms with Crippen LogP contribution in [0.1, 0.15) is 5.56 Å². The highest BCUT2D eigenvalue weighted by Crippen LogP contribution is 2.37. The van der Waals surface area contributed by atoms with Crippen molar-refractivity contribution in [2.75, 3.05) is 13.9 Å². The molecule has 0 aliphatic carbocycles.